The summed E-state index contributed by atoms with van der Waals surface area (Å²) in [5, 5.41) is 13.7. The van der Waals surface area contributed by atoms with Crippen molar-refractivity contribution in [2.45, 2.75) is 17.9 Å². The molecular weight excluding hydrogens is 575 g/mol. The van der Waals surface area contributed by atoms with E-state index >= 15 is 0 Å². The van der Waals surface area contributed by atoms with Crippen molar-refractivity contribution in [2.24, 2.45) is 0 Å². The van der Waals surface area contributed by atoms with Crippen molar-refractivity contribution in [3.8, 4) is 22.9 Å². The largest absolute Gasteiger partial charge is 0.497 e. The summed E-state index contributed by atoms with van der Waals surface area (Å²) in [7, 11) is 4.43. The van der Waals surface area contributed by atoms with Crippen LogP contribution in [-0.4, -0.2) is 53.7 Å². The van der Waals surface area contributed by atoms with E-state index in [2.05, 4.69) is 20.8 Å². The molecule has 0 atom stereocenters. The van der Waals surface area contributed by atoms with Gasteiger partial charge in [-0.15, -0.1) is 10.2 Å². The molecule has 1 aromatic heterocycles. The number of nitrogens with one attached hydrogen (secondary N) is 2. The van der Waals surface area contributed by atoms with Crippen LogP contribution in [0.1, 0.15) is 21.7 Å². The van der Waals surface area contributed by atoms with Gasteiger partial charge in [0.15, 0.2) is 11.0 Å². The maximum Gasteiger partial charge on any atom is 0.418 e. The van der Waals surface area contributed by atoms with Crippen LogP contribution in [0.5, 0.6) is 17.2 Å². The number of para-hydroxylation sites is 3. The highest BCUT2D eigenvalue weighted by Crippen LogP contribution is 2.35. The van der Waals surface area contributed by atoms with Gasteiger partial charge in [-0.3, -0.25) is 14.2 Å². The first-order valence-electron chi connectivity index (χ1n) is 12.3. The average molecular weight is 602 g/mol. The number of benzene rings is 3. The first-order valence-corrected chi connectivity index (χ1v) is 13.3. The van der Waals surface area contributed by atoms with Crippen LogP contribution < -0.4 is 24.8 Å². The standard InChI is InChI=1S/C28H26F3N5O5S/c1-39-18-12-17(13-19(14-18)40-2)26(38)32-15-24-34-35-27(36(24)22-10-6-7-11-23(22)41-3)42-16-25(37)33-21-9-5-4-8-20(21)28(29,30)31/h4-14H,15-16H2,1-3H3,(H,32,38)(H,33,37). The van der Waals surface area contributed by atoms with Crippen LogP contribution in [-0.2, 0) is 17.5 Å². The highest BCUT2D eigenvalue weighted by molar-refractivity contribution is 7.99. The third-order valence-corrected chi connectivity index (χ3v) is 6.82. The van der Waals surface area contributed by atoms with Crippen molar-refractivity contribution in [3.63, 3.8) is 0 Å². The number of hydrogen-bond acceptors (Lipinski definition) is 8. The van der Waals surface area contributed by atoms with Crippen molar-refractivity contribution in [1.29, 1.82) is 0 Å². The van der Waals surface area contributed by atoms with E-state index in [-0.39, 0.29) is 23.1 Å². The molecule has 4 aromatic rings. The molecule has 0 aliphatic heterocycles. The maximum absolute atomic E-state index is 13.3. The topological polar surface area (TPSA) is 117 Å². The smallest absolute Gasteiger partial charge is 0.418 e. The molecule has 0 radical (unpaired) electrons. The minimum Gasteiger partial charge on any atom is -0.497 e. The minimum atomic E-state index is -4.63. The molecule has 14 heteroatoms. The lowest BCUT2D eigenvalue weighted by Gasteiger charge is -2.15. The third-order valence-electron chi connectivity index (χ3n) is 5.89. The van der Waals surface area contributed by atoms with Gasteiger partial charge < -0.3 is 24.8 Å². The van der Waals surface area contributed by atoms with Crippen molar-refractivity contribution in [2.75, 3.05) is 32.4 Å². The van der Waals surface area contributed by atoms with Crippen LogP contribution in [0.15, 0.2) is 71.9 Å². The number of amides is 2. The zero-order chi connectivity index (χ0) is 30.3. The van der Waals surface area contributed by atoms with Gasteiger partial charge in [0.25, 0.3) is 5.91 Å². The Kier molecular flexibility index (Phi) is 9.57. The number of ether oxygens (including phenoxy) is 3. The fourth-order valence-corrected chi connectivity index (χ4v) is 4.68. The summed E-state index contributed by atoms with van der Waals surface area (Å²) >= 11 is 0.958. The Balaban J connectivity index is 1.56. The molecule has 3 aromatic carbocycles. The van der Waals surface area contributed by atoms with Crippen molar-refractivity contribution in [3.05, 3.63) is 83.7 Å². The monoisotopic (exact) mass is 601 g/mol. The Morgan fingerprint density at radius 3 is 2.24 bits per heavy atom. The van der Waals surface area contributed by atoms with Gasteiger partial charge in [0, 0.05) is 11.6 Å². The van der Waals surface area contributed by atoms with E-state index in [1.807, 2.05) is 0 Å². The number of alkyl halides is 3. The Labute approximate surface area is 243 Å². The predicted molar refractivity (Wildman–Crippen MR) is 149 cm³/mol. The maximum atomic E-state index is 13.3. The lowest BCUT2D eigenvalue weighted by molar-refractivity contribution is -0.137. The van der Waals surface area contributed by atoms with Crippen molar-refractivity contribution >= 4 is 29.3 Å². The van der Waals surface area contributed by atoms with Crippen LogP contribution in [0.25, 0.3) is 5.69 Å². The molecule has 0 aliphatic rings. The quantitative estimate of drug-likeness (QED) is 0.232. The van der Waals surface area contributed by atoms with Crippen LogP contribution in [0, 0.1) is 0 Å². The Hall–Kier alpha value is -4.72. The van der Waals surface area contributed by atoms with Crippen LogP contribution in [0.3, 0.4) is 0 Å². The molecule has 42 heavy (non-hydrogen) atoms. The number of methoxy groups -OCH3 is 3. The van der Waals surface area contributed by atoms with Gasteiger partial charge in [-0.05, 0) is 36.4 Å². The molecule has 10 nitrogen and oxygen atoms in total. The van der Waals surface area contributed by atoms with E-state index in [0.29, 0.717) is 34.3 Å². The third kappa shape index (κ3) is 7.13. The van der Waals surface area contributed by atoms with Crippen LogP contribution in [0.4, 0.5) is 18.9 Å². The Bertz CT molecular complexity index is 1560. The molecule has 1 heterocycles. The summed E-state index contributed by atoms with van der Waals surface area (Å²) in [6.07, 6.45) is -4.63. The molecule has 2 amide bonds. The lowest BCUT2D eigenvalue weighted by Crippen LogP contribution is -2.25. The number of anilines is 1. The van der Waals surface area contributed by atoms with Gasteiger partial charge in [-0.2, -0.15) is 13.2 Å². The van der Waals surface area contributed by atoms with E-state index in [1.54, 1.807) is 47.0 Å². The number of halogens is 3. The van der Waals surface area contributed by atoms with Gasteiger partial charge in [0.1, 0.15) is 17.2 Å². The summed E-state index contributed by atoms with van der Waals surface area (Å²) in [6, 6.07) is 16.5. The van der Waals surface area contributed by atoms with Gasteiger partial charge in [0.2, 0.25) is 5.91 Å². The van der Waals surface area contributed by atoms with E-state index in [1.165, 1.54) is 39.5 Å². The molecule has 220 valence electrons. The number of thioether (sulfide) groups is 1. The van der Waals surface area contributed by atoms with Crippen molar-refractivity contribution < 1.29 is 37.0 Å². The van der Waals surface area contributed by atoms with Gasteiger partial charge in [0.05, 0.1) is 50.6 Å². The minimum absolute atomic E-state index is 0.0604. The molecule has 0 bridgehead atoms. The van der Waals surface area contributed by atoms with E-state index in [9.17, 15) is 22.8 Å². The summed E-state index contributed by atoms with van der Waals surface area (Å²) in [4.78, 5) is 25.6. The van der Waals surface area contributed by atoms with E-state index in [4.69, 9.17) is 14.2 Å². The van der Waals surface area contributed by atoms with Crippen LogP contribution in [0.2, 0.25) is 0 Å². The fourth-order valence-electron chi connectivity index (χ4n) is 3.92. The highest BCUT2D eigenvalue weighted by atomic mass is 32.2. The first kappa shape index (κ1) is 30.2. The molecule has 0 aliphatic carbocycles. The van der Waals surface area contributed by atoms with Crippen molar-refractivity contribution in [1.82, 2.24) is 20.1 Å². The Morgan fingerprint density at radius 1 is 0.905 bits per heavy atom. The lowest BCUT2D eigenvalue weighted by atomic mass is 10.1. The number of carbonyl (C=O) groups excluding carboxylic acids is 2. The predicted octanol–water partition coefficient (Wildman–Crippen LogP) is 4.97. The number of rotatable bonds is 11. The molecular formula is C28H26F3N5O5S. The summed E-state index contributed by atoms with van der Waals surface area (Å²) in [5.41, 5.74) is -0.478. The molecule has 0 spiro atoms. The molecule has 0 unspecified atom stereocenters. The second kappa shape index (κ2) is 13.3. The summed E-state index contributed by atoms with van der Waals surface area (Å²) in [6.45, 7) is -0.0604. The molecule has 0 saturated carbocycles. The summed E-state index contributed by atoms with van der Waals surface area (Å²) in [5.74, 6) is 0.278. The van der Waals surface area contributed by atoms with E-state index < -0.39 is 23.6 Å². The normalized spacial score (nSPS) is 11.1. The van der Waals surface area contributed by atoms with Gasteiger partial charge >= 0.3 is 6.18 Å². The highest BCUT2D eigenvalue weighted by Gasteiger charge is 2.33. The second-order valence-corrected chi connectivity index (χ2v) is 9.51. The van der Waals surface area contributed by atoms with Gasteiger partial charge in [-0.25, -0.2) is 0 Å². The summed E-state index contributed by atoms with van der Waals surface area (Å²) < 4.78 is 57.6. The average Bonchev–Trinajstić information content (AvgIpc) is 3.40. The zero-order valence-electron chi connectivity index (χ0n) is 22.7. The molecule has 2 N–H and O–H groups in total. The van der Waals surface area contributed by atoms with Gasteiger partial charge in [-0.1, -0.05) is 36.0 Å². The number of hydrogen-bond donors (Lipinski definition) is 2. The Morgan fingerprint density at radius 2 is 1.57 bits per heavy atom. The number of carbonyl (C=O) groups is 2. The SMILES string of the molecule is COc1cc(OC)cc(C(=O)NCc2nnc(SCC(=O)Nc3ccccc3C(F)(F)F)n2-c2ccccc2OC)c1. The second-order valence-electron chi connectivity index (χ2n) is 8.57. The van der Waals surface area contributed by atoms with Crippen LogP contribution >= 0.6 is 11.8 Å². The molecule has 0 saturated heterocycles. The fraction of sp³-hybridized carbons (Fsp3) is 0.214. The molecule has 4 rings (SSSR count). The first-order chi connectivity index (χ1) is 20.1. The zero-order valence-corrected chi connectivity index (χ0v) is 23.5. The van der Waals surface area contributed by atoms with E-state index in [0.717, 1.165) is 17.8 Å². The molecule has 0 fully saturated rings. The number of nitrogens with zero attached hydrogens (tertiary/aromatic N) is 3. The number of aromatic nitrogens is 3.